The molecule has 3 rings (SSSR count). The van der Waals surface area contributed by atoms with Crippen LogP contribution in [0.15, 0.2) is 0 Å². The largest absolute Gasteiger partial charge is 0.376 e. The van der Waals surface area contributed by atoms with Crippen molar-refractivity contribution in [1.29, 1.82) is 0 Å². The first-order valence-corrected chi connectivity index (χ1v) is 8.46. The predicted molar refractivity (Wildman–Crippen MR) is 78.2 cm³/mol. The number of hydrogen-bond acceptors (Lipinski definition) is 3. The summed E-state index contributed by atoms with van der Waals surface area (Å²) in [6.45, 7) is 5.18. The topological polar surface area (TPSA) is 41.6 Å². The van der Waals surface area contributed by atoms with Crippen LogP contribution in [0.25, 0.3) is 0 Å². The van der Waals surface area contributed by atoms with Gasteiger partial charge in [-0.15, -0.1) is 0 Å². The van der Waals surface area contributed by atoms with Crippen molar-refractivity contribution in [2.75, 3.05) is 6.61 Å². The molecule has 4 atom stereocenters. The van der Waals surface area contributed by atoms with Crippen LogP contribution < -0.4 is 5.32 Å². The molecule has 2 aliphatic heterocycles. The molecule has 0 aromatic rings. The number of nitrogens with zero attached hydrogens (tertiary/aromatic N) is 1. The van der Waals surface area contributed by atoms with Gasteiger partial charge in [0, 0.05) is 6.61 Å². The Bertz CT molecular complexity index is 356. The summed E-state index contributed by atoms with van der Waals surface area (Å²) in [5, 5.41) is 3.55. The van der Waals surface area contributed by atoms with E-state index in [1.807, 2.05) is 0 Å². The van der Waals surface area contributed by atoms with Gasteiger partial charge < -0.3 is 9.64 Å². The van der Waals surface area contributed by atoms with Gasteiger partial charge in [0.15, 0.2) is 0 Å². The molecular formula is C16H28N2O2. The second-order valence-corrected chi connectivity index (χ2v) is 6.56. The molecule has 4 nitrogen and oxygen atoms in total. The Morgan fingerprint density at radius 2 is 2.10 bits per heavy atom. The summed E-state index contributed by atoms with van der Waals surface area (Å²) >= 11 is 0. The lowest BCUT2D eigenvalue weighted by Crippen LogP contribution is -2.48. The molecule has 2 heterocycles. The van der Waals surface area contributed by atoms with Gasteiger partial charge in [-0.2, -0.15) is 0 Å². The lowest BCUT2D eigenvalue weighted by molar-refractivity contribution is -0.134. The van der Waals surface area contributed by atoms with E-state index in [2.05, 4.69) is 24.1 Å². The van der Waals surface area contributed by atoms with Crippen molar-refractivity contribution in [1.82, 2.24) is 10.2 Å². The SMILES string of the molecule is CCCCC1NC(CC)N(C2CCOC2C2CC2)C1=O. The number of carbonyl (C=O) groups excluding carboxylic acids is 1. The van der Waals surface area contributed by atoms with Crippen LogP contribution in [0.2, 0.25) is 0 Å². The fourth-order valence-corrected chi connectivity index (χ4v) is 3.81. The van der Waals surface area contributed by atoms with E-state index >= 15 is 0 Å². The summed E-state index contributed by atoms with van der Waals surface area (Å²) in [6, 6.07) is 0.361. The lowest BCUT2D eigenvalue weighted by Gasteiger charge is -2.32. The molecule has 1 aliphatic carbocycles. The van der Waals surface area contributed by atoms with E-state index in [9.17, 15) is 4.79 Å². The minimum absolute atomic E-state index is 0.0420. The fraction of sp³-hybridized carbons (Fsp3) is 0.938. The number of amides is 1. The van der Waals surface area contributed by atoms with Gasteiger partial charge in [-0.25, -0.2) is 0 Å². The van der Waals surface area contributed by atoms with Crippen LogP contribution in [-0.4, -0.2) is 41.8 Å². The second kappa shape index (κ2) is 6.02. The standard InChI is InChI=1S/C16H28N2O2/c1-3-5-6-12-16(19)18(14(4-2)17-12)13-9-10-20-15(13)11-7-8-11/h11-15,17H,3-10H2,1-2H3. The summed E-state index contributed by atoms with van der Waals surface area (Å²) in [5.74, 6) is 1.04. The molecule has 3 fully saturated rings. The third kappa shape index (κ3) is 2.60. The summed E-state index contributed by atoms with van der Waals surface area (Å²) in [7, 11) is 0. The summed E-state index contributed by atoms with van der Waals surface area (Å²) in [6.07, 6.45) is 8.36. The molecule has 114 valence electrons. The maximum atomic E-state index is 12.8. The minimum atomic E-state index is 0.0420. The van der Waals surface area contributed by atoms with Crippen molar-refractivity contribution in [2.24, 2.45) is 5.92 Å². The molecular weight excluding hydrogens is 252 g/mol. The number of carbonyl (C=O) groups is 1. The molecule has 4 unspecified atom stereocenters. The van der Waals surface area contributed by atoms with Gasteiger partial charge in [-0.05, 0) is 38.0 Å². The van der Waals surface area contributed by atoms with Gasteiger partial charge in [0.2, 0.25) is 5.91 Å². The summed E-state index contributed by atoms with van der Waals surface area (Å²) < 4.78 is 5.94. The number of rotatable bonds is 6. The van der Waals surface area contributed by atoms with Gasteiger partial charge in [-0.1, -0.05) is 26.7 Å². The average molecular weight is 280 g/mol. The van der Waals surface area contributed by atoms with Gasteiger partial charge in [0.05, 0.1) is 24.4 Å². The van der Waals surface area contributed by atoms with Crippen LogP contribution in [0.5, 0.6) is 0 Å². The molecule has 2 saturated heterocycles. The maximum Gasteiger partial charge on any atom is 0.241 e. The van der Waals surface area contributed by atoms with E-state index in [1.54, 1.807) is 0 Å². The molecule has 1 saturated carbocycles. The molecule has 1 amide bonds. The molecule has 0 aromatic carbocycles. The van der Waals surface area contributed by atoms with Crippen LogP contribution in [0.3, 0.4) is 0 Å². The van der Waals surface area contributed by atoms with Crippen LogP contribution in [-0.2, 0) is 9.53 Å². The molecule has 20 heavy (non-hydrogen) atoms. The van der Waals surface area contributed by atoms with Gasteiger partial charge in [0.1, 0.15) is 0 Å². The zero-order valence-electron chi connectivity index (χ0n) is 12.8. The first-order valence-electron chi connectivity index (χ1n) is 8.46. The Balaban J connectivity index is 1.71. The highest BCUT2D eigenvalue weighted by Gasteiger charge is 2.49. The average Bonchev–Trinajstić information content (AvgIpc) is 3.11. The van der Waals surface area contributed by atoms with Crippen molar-refractivity contribution in [3.05, 3.63) is 0 Å². The molecule has 0 aromatic heterocycles. The van der Waals surface area contributed by atoms with E-state index in [0.717, 1.165) is 38.7 Å². The Hall–Kier alpha value is -0.610. The lowest BCUT2D eigenvalue weighted by atomic mass is 10.0. The van der Waals surface area contributed by atoms with Crippen LogP contribution in [0.4, 0.5) is 0 Å². The molecule has 0 bridgehead atoms. The second-order valence-electron chi connectivity index (χ2n) is 6.56. The minimum Gasteiger partial charge on any atom is -0.376 e. The van der Waals surface area contributed by atoms with Crippen molar-refractivity contribution in [3.63, 3.8) is 0 Å². The number of unbranched alkanes of at least 4 members (excludes halogenated alkanes) is 1. The Morgan fingerprint density at radius 3 is 2.75 bits per heavy atom. The monoisotopic (exact) mass is 280 g/mol. The van der Waals surface area contributed by atoms with E-state index in [4.69, 9.17) is 4.74 Å². The zero-order chi connectivity index (χ0) is 14.1. The molecule has 4 heteroatoms. The Morgan fingerprint density at radius 1 is 1.30 bits per heavy atom. The van der Waals surface area contributed by atoms with E-state index in [1.165, 1.54) is 12.8 Å². The first-order chi connectivity index (χ1) is 9.76. The highest BCUT2D eigenvalue weighted by Crippen LogP contribution is 2.41. The number of hydrogen-bond donors (Lipinski definition) is 1. The van der Waals surface area contributed by atoms with Crippen molar-refractivity contribution >= 4 is 5.91 Å². The van der Waals surface area contributed by atoms with Gasteiger partial charge >= 0.3 is 0 Å². The maximum absolute atomic E-state index is 12.8. The number of ether oxygens (including phenoxy) is 1. The fourth-order valence-electron chi connectivity index (χ4n) is 3.81. The smallest absolute Gasteiger partial charge is 0.241 e. The number of nitrogens with one attached hydrogen (secondary N) is 1. The Kier molecular flexibility index (Phi) is 4.32. The predicted octanol–water partition coefficient (Wildman–Crippen LogP) is 2.28. The Labute approximate surface area is 122 Å². The van der Waals surface area contributed by atoms with Crippen LogP contribution in [0.1, 0.15) is 58.8 Å². The van der Waals surface area contributed by atoms with E-state index < -0.39 is 0 Å². The zero-order valence-corrected chi connectivity index (χ0v) is 12.8. The van der Waals surface area contributed by atoms with E-state index in [0.29, 0.717) is 24.0 Å². The van der Waals surface area contributed by atoms with Gasteiger partial charge in [0.25, 0.3) is 0 Å². The quantitative estimate of drug-likeness (QED) is 0.811. The molecule has 0 spiro atoms. The summed E-state index contributed by atoms with van der Waals surface area (Å²) in [5.41, 5.74) is 0. The third-order valence-electron chi connectivity index (χ3n) is 5.06. The first kappa shape index (κ1) is 14.3. The molecule has 1 N–H and O–H groups in total. The van der Waals surface area contributed by atoms with E-state index in [-0.39, 0.29) is 12.2 Å². The van der Waals surface area contributed by atoms with Crippen LogP contribution in [0, 0.1) is 5.92 Å². The third-order valence-corrected chi connectivity index (χ3v) is 5.06. The normalized spacial score (nSPS) is 37.9. The van der Waals surface area contributed by atoms with Crippen molar-refractivity contribution in [3.8, 4) is 0 Å². The highest BCUT2D eigenvalue weighted by molar-refractivity contribution is 5.84. The van der Waals surface area contributed by atoms with Crippen molar-refractivity contribution < 1.29 is 9.53 Å². The highest BCUT2D eigenvalue weighted by atomic mass is 16.5. The van der Waals surface area contributed by atoms with Gasteiger partial charge in [-0.3, -0.25) is 10.1 Å². The van der Waals surface area contributed by atoms with Crippen LogP contribution >= 0.6 is 0 Å². The molecule has 3 aliphatic rings. The molecule has 0 radical (unpaired) electrons. The summed E-state index contributed by atoms with van der Waals surface area (Å²) in [4.78, 5) is 14.9. The van der Waals surface area contributed by atoms with Crippen molar-refractivity contribution in [2.45, 2.75) is 83.1 Å².